The molecule has 0 radical (unpaired) electrons. The van der Waals surface area contributed by atoms with Crippen LogP contribution in [-0.2, 0) is 4.79 Å². The Balaban J connectivity index is 0.00000312. The van der Waals surface area contributed by atoms with Gasteiger partial charge in [0.05, 0.1) is 0 Å². The van der Waals surface area contributed by atoms with Crippen LogP contribution in [-0.4, -0.2) is 44.9 Å². The number of rotatable bonds is 7. The minimum atomic E-state index is -4.44. The van der Waals surface area contributed by atoms with Gasteiger partial charge in [-0.15, -0.1) is 12.4 Å². The largest absolute Gasteiger partial charge is 0.480 e. The number of para-hydroxylation sites is 2. The lowest BCUT2D eigenvalue weighted by Gasteiger charge is -2.15. The first-order chi connectivity index (χ1) is 11.4. The van der Waals surface area contributed by atoms with Gasteiger partial charge in [-0.05, 0) is 25.1 Å². The zero-order valence-corrected chi connectivity index (χ0v) is 14.2. The molecule has 1 aliphatic heterocycles. The van der Waals surface area contributed by atoms with Crippen LogP contribution in [0.25, 0.3) is 0 Å². The summed E-state index contributed by atoms with van der Waals surface area (Å²) in [7, 11) is 0. The smallest absolute Gasteiger partial charge is 0.422 e. The third kappa shape index (κ3) is 8.13. The summed E-state index contributed by atoms with van der Waals surface area (Å²) in [6.45, 7) is 0.392. The van der Waals surface area contributed by atoms with E-state index in [4.69, 9.17) is 9.47 Å². The Labute approximate surface area is 150 Å². The van der Waals surface area contributed by atoms with Gasteiger partial charge in [0.15, 0.2) is 24.7 Å². The number of hydrogen-bond donors (Lipinski definition) is 2. The van der Waals surface area contributed by atoms with Crippen LogP contribution in [0.1, 0.15) is 6.42 Å². The van der Waals surface area contributed by atoms with Crippen LogP contribution in [0.15, 0.2) is 35.9 Å². The van der Waals surface area contributed by atoms with E-state index >= 15 is 0 Å². The molecule has 140 valence electrons. The average Bonchev–Trinajstić information content (AvgIpc) is 2.57. The summed E-state index contributed by atoms with van der Waals surface area (Å²) in [5.41, 5.74) is 1.14. The van der Waals surface area contributed by atoms with Crippen molar-refractivity contribution >= 4 is 18.3 Å². The quantitative estimate of drug-likeness (QED) is 0.713. The van der Waals surface area contributed by atoms with Crippen molar-refractivity contribution < 1.29 is 27.4 Å². The lowest BCUT2D eigenvalue weighted by atomic mass is 10.1. The standard InChI is InChI=1S/C16H19F3N2O3.ClH/c17-16(18,19)11-24-14-4-2-1-3-13(14)23-10-15(22)21-9-12-5-7-20-8-6-12;/h1-5,20H,6-11H2,(H,21,22);1H. The molecule has 0 fully saturated rings. The second-order valence-corrected chi connectivity index (χ2v) is 5.23. The monoisotopic (exact) mass is 380 g/mol. The predicted molar refractivity (Wildman–Crippen MR) is 89.3 cm³/mol. The van der Waals surface area contributed by atoms with Gasteiger partial charge in [-0.25, -0.2) is 0 Å². The van der Waals surface area contributed by atoms with E-state index in [2.05, 4.69) is 10.6 Å². The molecule has 1 heterocycles. The van der Waals surface area contributed by atoms with Crippen LogP contribution >= 0.6 is 12.4 Å². The minimum absolute atomic E-state index is 0. The molecule has 5 nitrogen and oxygen atoms in total. The highest BCUT2D eigenvalue weighted by atomic mass is 35.5. The fourth-order valence-electron chi connectivity index (χ4n) is 2.08. The summed E-state index contributed by atoms with van der Waals surface area (Å²) < 4.78 is 46.6. The normalized spacial score (nSPS) is 14.1. The first-order valence-corrected chi connectivity index (χ1v) is 7.51. The van der Waals surface area contributed by atoms with E-state index < -0.39 is 12.8 Å². The number of amides is 1. The molecule has 0 spiro atoms. The lowest BCUT2D eigenvalue weighted by molar-refractivity contribution is -0.153. The van der Waals surface area contributed by atoms with Gasteiger partial charge in [-0.2, -0.15) is 13.2 Å². The van der Waals surface area contributed by atoms with Crippen molar-refractivity contribution in [2.75, 3.05) is 32.8 Å². The van der Waals surface area contributed by atoms with Crippen molar-refractivity contribution in [2.24, 2.45) is 0 Å². The van der Waals surface area contributed by atoms with E-state index in [0.29, 0.717) is 6.54 Å². The van der Waals surface area contributed by atoms with E-state index in [-0.39, 0.29) is 36.4 Å². The zero-order valence-electron chi connectivity index (χ0n) is 13.4. The Kier molecular flexibility index (Phi) is 8.57. The van der Waals surface area contributed by atoms with E-state index in [0.717, 1.165) is 25.1 Å². The van der Waals surface area contributed by atoms with Crippen LogP contribution in [0.3, 0.4) is 0 Å². The fourth-order valence-corrected chi connectivity index (χ4v) is 2.08. The third-order valence-corrected chi connectivity index (χ3v) is 3.27. The second kappa shape index (κ2) is 10.1. The van der Waals surface area contributed by atoms with Crippen LogP contribution < -0.4 is 20.1 Å². The average molecular weight is 381 g/mol. The van der Waals surface area contributed by atoms with Crippen LogP contribution in [0.2, 0.25) is 0 Å². The molecular formula is C16H20ClF3N2O3. The highest BCUT2D eigenvalue weighted by molar-refractivity contribution is 5.85. The van der Waals surface area contributed by atoms with Crippen molar-refractivity contribution in [3.05, 3.63) is 35.9 Å². The van der Waals surface area contributed by atoms with Gasteiger partial charge in [-0.1, -0.05) is 23.8 Å². The molecule has 0 saturated carbocycles. The molecule has 1 aliphatic rings. The molecule has 0 atom stereocenters. The number of nitrogens with one attached hydrogen (secondary N) is 2. The molecule has 0 aromatic heterocycles. The predicted octanol–water partition coefficient (Wildman–Crippen LogP) is 2.46. The topological polar surface area (TPSA) is 59.6 Å². The summed E-state index contributed by atoms with van der Waals surface area (Å²) >= 11 is 0. The molecule has 0 aliphatic carbocycles. The summed E-state index contributed by atoms with van der Waals surface area (Å²) in [5, 5.41) is 5.89. The molecule has 1 amide bonds. The van der Waals surface area contributed by atoms with Gasteiger partial charge >= 0.3 is 6.18 Å². The SMILES string of the molecule is Cl.O=C(COc1ccccc1OCC(F)(F)F)NCC1=CCNCC1. The van der Waals surface area contributed by atoms with E-state index in [1.165, 1.54) is 18.2 Å². The Morgan fingerprint density at radius 2 is 1.88 bits per heavy atom. The molecule has 0 unspecified atom stereocenters. The Hall–Kier alpha value is -1.93. The Morgan fingerprint density at radius 1 is 1.20 bits per heavy atom. The number of halogens is 4. The number of carbonyl (C=O) groups is 1. The minimum Gasteiger partial charge on any atom is -0.480 e. The van der Waals surface area contributed by atoms with Crippen LogP contribution in [0.4, 0.5) is 13.2 Å². The van der Waals surface area contributed by atoms with Gasteiger partial charge in [0, 0.05) is 13.1 Å². The van der Waals surface area contributed by atoms with Gasteiger partial charge in [0.1, 0.15) is 0 Å². The maximum absolute atomic E-state index is 12.2. The van der Waals surface area contributed by atoms with Crippen LogP contribution in [0, 0.1) is 0 Å². The Morgan fingerprint density at radius 3 is 2.48 bits per heavy atom. The van der Waals surface area contributed by atoms with Crippen molar-refractivity contribution in [1.82, 2.24) is 10.6 Å². The molecule has 0 bridgehead atoms. The number of benzene rings is 1. The first kappa shape index (κ1) is 21.1. The fraction of sp³-hybridized carbons (Fsp3) is 0.438. The van der Waals surface area contributed by atoms with E-state index in [1.807, 2.05) is 6.08 Å². The molecule has 9 heteroatoms. The van der Waals surface area contributed by atoms with Gasteiger partial charge in [0.25, 0.3) is 5.91 Å². The molecule has 0 saturated heterocycles. The molecular weight excluding hydrogens is 361 g/mol. The zero-order chi connectivity index (χ0) is 17.4. The first-order valence-electron chi connectivity index (χ1n) is 7.51. The highest BCUT2D eigenvalue weighted by Crippen LogP contribution is 2.28. The maximum Gasteiger partial charge on any atom is 0.422 e. The number of alkyl halides is 3. The van der Waals surface area contributed by atoms with E-state index in [1.54, 1.807) is 6.07 Å². The van der Waals surface area contributed by atoms with Gasteiger partial charge in [-0.3, -0.25) is 4.79 Å². The van der Waals surface area contributed by atoms with Crippen molar-refractivity contribution in [1.29, 1.82) is 0 Å². The Bertz CT molecular complexity index is 594. The van der Waals surface area contributed by atoms with Crippen molar-refractivity contribution in [3.63, 3.8) is 0 Å². The molecule has 1 aromatic rings. The van der Waals surface area contributed by atoms with Crippen molar-refractivity contribution in [2.45, 2.75) is 12.6 Å². The van der Waals surface area contributed by atoms with E-state index in [9.17, 15) is 18.0 Å². The van der Waals surface area contributed by atoms with Gasteiger partial charge < -0.3 is 20.1 Å². The number of carbonyl (C=O) groups excluding carboxylic acids is 1. The lowest BCUT2D eigenvalue weighted by Crippen LogP contribution is -2.32. The van der Waals surface area contributed by atoms with Crippen LogP contribution in [0.5, 0.6) is 11.5 Å². The molecule has 2 rings (SSSR count). The summed E-state index contributed by atoms with van der Waals surface area (Å²) in [5.74, 6) is -0.304. The number of ether oxygens (including phenoxy) is 2. The summed E-state index contributed by atoms with van der Waals surface area (Å²) in [4.78, 5) is 11.8. The summed E-state index contributed by atoms with van der Waals surface area (Å²) in [6, 6.07) is 5.93. The number of hydrogen-bond acceptors (Lipinski definition) is 4. The second-order valence-electron chi connectivity index (χ2n) is 5.23. The summed E-state index contributed by atoms with van der Waals surface area (Å²) in [6.07, 6.45) is -1.55. The van der Waals surface area contributed by atoms with Crippen molar-refractivity contribution in [3.8, 4) is 11.5 Å². The molecule has 25 heavy (non-hydrogen) atoms. The van der Waals surface area contributed by atoms with Gasteiger partial charge in [0.2, 0.25) is 0 Å². The molecule has 2 N–H and O–H groups in total. The maximum atomic E-state index is 12.2. The third-order valence-electron chi connectivity index (χ3n) is 3.27. The molecule has 1 aromatic carbocycles. The highest BCUT2D eigenvalue weighted by Gasteiger charge is 2.29.